The van der Waals surface area contributed by atoms with Crippen LogP contribution in [0.1, 0.15) is 22.8 Å². The normalized spacial score (nSPS) is 10.6. The Labute approximate surface area is 85.8 Å². The van der Waals surface area contributed by atoms with Gasteiger partial charge in [-0.2, -0.15) is 0 Å². The van der Waals surface area contributed by atoms with E-state index < -0.39 is 0 Å². The van der Waals surface area contributed by atoms with Crippen molar-refractivity contribution in [2.45, 2.75) is 13.3 Å². The molecule has 0 aliphatic carbocycles. The van der Waals surface area contributed by atoms with Crippen molar-refractivity contribution in [1.29, 1.82) is 0 Å². The van der Waals surface area contributed by atoms with Crippen molar-refractivity contribution in [3.05, 3.63) is 29.3 Å². The lowest BCUT2D eigenvalue weighted by Gasteiger charge is -2.00. The van der Waals surface area contributed by atoms with Gasteiger partial charge in [0, 0.05) is 15.6 Å². The summed E-state index contributed by atoms with van der Waals surface area (Å²) in [6, 6.07) is 5.48. The third kappa shape index (κ3) is 1.30. The molecule has 3 heteroatoms. The van der Waals surface area contributed by atoms with Gasteiger partial charge in [-0.1, -0.05) is 24.3 Å². The van der Waals surface area contributed by atoms with Gasteiger partial charge in [0.25, 0.3) is 0 Å². The molecule has 0 saturated carbocycles. The van der Waals surface area contributed by atoms with Crippen molar-refractivity contribution in [3.63, 3.8) is 0 Å². The molecular formula is C11H10O2S. The number of carbonyl (C=O) groups is 1. The van der Waals surface area contributed by atoms with Crippen molar-refractivity contribution in [2.24, 2.45) is 0 Å². The molecule has 1 aromatic heterocycles. The Morgan fingerprint density at radius 1 is 1.50 bits per heavy atom. The highest BCUT2D eigenvalue weighted by molar-refractivity contribution is 7.21. The molecule has 0 unspecified atom stereocenters. The van der Waals surface area contributed by atoms with Crippen LogP contribution in [-0.4, -0.2) is 11.4 Å². The first kappa shape index (κ1) is 9.21. The van der Waals surface area contributed by atoms with E-state index in [1.807, 2.05) is 12.1 Å². The number of aromatic hydroxyl groups is 1. The average Bonchev–Trinajstić information content (AvgIpc) is 2.57. The molecule has 0 aliphatic heterocycles. The fraction of sp³-hybridized carbons (Fsp3) is 0.182. The lowest BCUT2D eigenvalue weighted by Crippen LogP contribution is -1.84. The summed E-state index contributed by atoms with van der Waals surface area (Å²) in [6.45, 7) is 2.06. The van der Waals surface area contributed by atoms with Gasteiger partial charge in [0.15, 0.2) is 11.3 Å². The summed E-state index contributed by atoms with van der Waals surface area (Å²) in [6.07, 6.45) is 1.74. The molecule has 1 heterocycles. The fourth-order valence-electron chi connectivity index (χ4n) is 1.59. The van der Waals surface area contributed by atoms with Crippen LogP contribution in [0.2, 0.25) is 0 Å². The molecule has 0 amide bonds. The number of thiophene rings is 1. The van der Waals surface area contributed by atoms with E-state index in [4.69, 9.17) is 0 Å². The molecule has 0 bridgehead atoms. The highest BCUT2D eigenvalue weighted by Crippen LogP contribution is 2.34. The van der Waals surface area contributed by atoms with E-state index >= 15 is 0 Å². The third-order valence-corrected chi connectivity index (χ3v) is 3.29. The van der Waals surface area contributed by atoms with Crippen molar-refractivity contribution in [3.8, 4) is 5.06 Å². The Morgan fingerprint density at radius 2 is 2.29 bits per heavy atom. The number of hydrogen-bond acceptors (Lipinski definition) is 3. The van der Waals surface area contributed by atoms with Gasteiger partial charge in [-0.05, 0) is 24.1 Å². The highest BCUT2D eigenvalue weighted by atomic mass is 32.1. The second-order valence-electron chi connectivity index (χ2n) is 3.11. The first-order chi connectivity index (χ1) is 6.76. The summed E-state index contributed by atoms with van der Waals surface area (Å²) < 4.78 is 0.886. The van der Waals surface area contributed by atoms with E-state index in [0.717, 1.165) is 22.8 Å². The van der Waals surface area contributed by atoms with Gasteiger partial charge in [0.05, 0.1) is 0 Å². The SMILES string of the molecule is CCc1ccc(C=O)c2sc(O)cc12. The number of carbonyl (C=O) groups excluding carboxylic acids is 1. The van der Waals surface area contributed by atoms with E-state index in [9.17, 15) is 9.90 Å². The minimum Gasteiger partial charge on any atom is -0.499 e. The zero-order valence-electron chi connectivity index (χ0n) is 7.78. The summed E-state index contributed by atoms with van der Waals surface area (Å²) in [7, 11) is 0. The topological polar surface area (TPSA) is 37.3 Å². The Bertz CT molecular complexity index is 485. The molecule has 0 fully saturated rings. The van der Waals surface area contributed by atoms with E-state index in [0.29, 0.717) is 5.56 Å². The van der Waals surface area contributed by atoms with E-state index in [-0.39, 0.29) is 5.06 Å². The molecule has 1 N–H and O–H groups in total. The molecule has 0 aliphatic rings. The van der Waals surface area contributed by atoms with Gasteiger partial charge < -0.3 is 5.11 Å². The van der Waals surface area contributed by atoms with Crippen molar-refractivity contribution >= 4 is 27.7 Å². The Hall–Kier alpha value is -1.35. The molecule has 2 rings (SSSR count). The molecular weight excluding hydrogens is 196 g/mol. The van der Waals surface area contributed by atoms with Gasteiger partial charge in [0.2, 0.25) is 0 Å². The highest BCUT2D eigenvalue weighted by Gasteiger charge is 2.08. The first-order valence-electron chi connectivity index (χ1n) is 4.45. The van der Waals surface area contributed by atoms with E-state index in [1.54, 1.807) is 6.07 Å². The van der Waals surface area contributed by atoms with E-state index in [1.165, 1.54) is 16.9 Å². The van der Waals surface area contributed by atoms with Crippen LogP contribution >= 0.6 is 11.3 Å². The van der Waals surface area contributed by atoms with Crippen LogP contribution in [0.4, 0.5) is 0 Å². The van der Waals surface area contributed by atoms with Crippen LogP contribution in [0, 0.1) is 0 Å². The van der Waals surface area contributed by atoms with Crippen LogP contribution in [-0.2, 0) is 6.42 Å². The van der Waals surface area contributed by atoms with Crippen LogP contribution in [0.25, 0.3) is 10.1 Å². The summed E-state index contributed by atoms with van der Waals surface area (Å²) in [5, 5.41) is 10.7. The molecule has 1 aromatic carbocycles. The number of fused-ring (bicyclic) bond motifs is 1. The zero-order chi connectivity index (χ0) is 10.1. The average molecular weight is 206 g/mol. The maximum absolute atomic E-state index is 10.8. The molecule has 14 heavy (non-hydrogen) atoms. The van der Waals surface area contributed by atoms with Crippen molar-refractivity contribution < 1.29 is 9.90 Å². The van der Waals surface area contributed by atoms with Gasteiger partial charge in [-0.3, -0.25) is 4.79 Å². The monoisotopic (exact) mass is 206 g/mol. The predicted molar refractivity (Wildman–Crippen MR) is 58.3 cm³/mol. The largest absolute Gasteiger partial charge is 0.499 e. The van der Waals surface area contributed by atoms with Crippen LogP contribution in [0.5, 0.6) is 5.06 Å². The molecule has 72 valence electrons. The zero-order valence-corrected chi connectivity index (χ0v) is 8.60. The minimum absolute atomic E-state index is 0.268. The number of aldehydes is 1. The molecule has 0 spiro atoms. The number of hydrogen-bond donors (Lipinski definition) is 1. The molecule has 2 nitrogen and oxygen atoms in total. The minimum atomic E-state index is 0.268. The van der Waals surface area contributed by atoms with E-state index in [2.05, 4.69) is 6.92 Å². The number of aryl methyl sites for hydroxylation is 1. The van der Waals surface area contributed by atoms with Crippen molar-refractivity contribution in [1.82, 2.24) is 0 Å². The van der Waals surface area contributed by atoms with Gasteiger partial charge in [0.1, 0.15) is 0 Å². The summed E-state index contributed by atoms with van der Waals surface area (Å²) in [5.41, 5.74) is 1.82. The Morgan fingerprint density at radius 3 is 2.93 bits per heavy atom. The molecule has 2 aromatic rings. The van der Waals surface area contributed by atoms with Crippen molar-refractivity contribution in [2.75, 3.05) is 0 Å². The smallest absolute Gasteiger partial charge is 0.172 e. The first-order valence-corrected chi connectivity index (χ1v) is 5.27. The van der Waals surface area contributed by atoms with Crippen LogP contribution < -0.4 is 0 Å². The van der Waals surface area contributed by atoms with Gasteiger partial charge in [-0.25, -0.2) is 0 Å². The lowest BCUT2D eigenvalue weighted by atomic mass is 10.1. The summed E-state index contributed by atoms with van der Waals surface area (Å²) in [5.74, 6) is 0. The Balaban J connectivity index is 2.83. The van der Waals surface area contributed by atoms with Crippen LogP contribution in [0.3, 0.4) is 0 Å². The second-order valence-corrected chi connectivity index (χ2v) is 4.14. The summed E-state index contributed by atoms with van der Waals surface area (Å²) in [4.78, 5) is 10.8. The predicted octanol–water partition coefficient (Wildman–Crippen LogP) is 2.98. The molecule has 0 radical (unpaired) electrons. The second kappa shape index (κ2) is 3.42. The quantitative estimate of drug-likeness (QED) is 0.767. The maximum Gasteiger partial charge on any atom is 0.172 e. The maximum atomic E-state index is 10.8. The number of benzene rings is 1. The van der Waals surface area contributed by atoms with Gasteiger partial charge >= 0.3 is 0 Å². The fourth-order valence-corrected chi connectivity index (χ4v) is 2.51. The van der Waals surface area contributed by atoms with Crippen LogP contribution in [0.15, 0.2) is 18.2 Å². The summed E-state index contributed by atoms with van der Waals surface area (Å²) >= 11 is 1.26. The molecule has 0 atom stereocenters. The standard InChI is InChI=1S/C11H10O2S/c1-2-7-3-4-8(6-12)11-9(7)5-10(13)14-11/h3-6,13H,2H2,1H3. The number of rotatable bonds is 2. The third-order valence-electron chi connectivity index (χ3n) is 2.30. The Kier molecular flexibility index (Phi) is 2.25. The van der Waals surface area contributed by atoms with Gasteiger partial charge in [-0.15, -0.1) is 0 Å². The lowest BCUT2D eigenvalue weighted by molar-refractivity contribution is 0.112. The molecule has 0 saturated heterocycles.